The third-order valence-electron chi connectivity index (χ3n) is 12.2. The molecule has 0 aliphatic heterocycles. The second-order valence-electron chi connectivity index (χ2n) is 19.2. The first-order chi connectivity index (χ1) is 35.0. The van der Waals surface area contributed by atoms with Crippen molar-refractivity contribution in [3.8, 4) is 0 Å². The first-order valence-corrected chi connectivity index (χ1v) is 29.4. The van der Waals surface area contributed by atoms with E-state index in [1.54, 1.807) is 0 Å². The van der Waals surface area contributed by atoms with Gasteiger partial charge in [-0.2, -0.15) is 0 Å². The fourth-order valence-electron chi connectivity index (χ4n) is 7.87. The summed E-state index contributed by atoms with van der Waals surface area (Å²) in [5.74, 6) is -0.908. The largest absolute Gasteiger partial charge is 0.462 e. The lowest BCUT2D eigenvalue weighted by molar-refractivity contribution is -0.167. The summed E-state index contributed by atoms with van der Waals surface area (Å²) in [6.07, 6.45) is 79.7. The molecule has 0 fully saturated rings. The SMILES string of the molecule is CC/C=C\C/C=C\C/C=C\C/C=C\C/C=C\C/C=C\C/C=C\CCCCCCCCCCCCCC(=O)OCC(COC(=O)CCCCCCCCC)OC(=O)CCCCCCC/C=C\C/C=C\CCC. The highest BCUT2D eigenvalue weighted by Gasteiger charge is 2.19. The fourth-order valence-corrected chi connectivity index (χ4v) is 7.87. The number of carbonyl (C=O) groups is 3. The summed E-state index contributed by atoms with van der Waals surface area (Å²) in [5, 5.41) is 0. The van der Waals surface area contributed by atoms with Crippen LogP contribution in [-0.4, -0.2) is 37.2 Å². The van der Waals surface area contributed by atoms with E-state index in [0.717, 1.165) is 135 Å². The van der Waals surface area contributed by atoms with Gasteiger partial charge in [-0.05, 0) is 103 Å². The van der Waals surface area contributed by atoms with Crippen molar-refractivity contribution in [1.82, 2.24) is 0 Å². The number of rotatable bonds is 52. The van der Waals surface area contributed by atoms with Gasteiger partial charge >= 0.3 is 17.9 Å². The topological polar surface area (TPSA) is 78.9 Å². The average Bonchev–Trinajstić information content (AvgIpc) is 3.37. The quantitative estimate of drug-likeness (QED) is 0.0261. The van der Waals surface area contributed by atoms with Crippen molar-refractivity contribution in [2.75, 3.05) is 13.2 Å². The van der Waals surface area contributed by atoms with Crippen LogP contribution in [0.5, 0.6) is 0 Å². The van der Waals surface area contributed by atoms with Gasteiger partial charge in [-0.3, -0.25) is 14.4 Å². The Labute approximate surface area is 438 Å². The van der Waals surface area contributed by atoms with Gasteiger partial charge in [0, 0.05) is 19.3 Å². The Morgan fingerprint density at radius 3 is 0.915 bits per heavy atom. The predicted octanol–water partition coefficient (Wildman–Crippen LogP) is 19.9. The Balaban J connectivity index is 4.08. The van der Waals surface area contributed by atoms with Crippen LogP contribution in [0, 0.1) is 0 Å². The maximum atomic E-state index is 12.8. The van der Waals surface area contributed by atoms with Gasteiger partial charge in [0.15, 0.2) is 6.10 Å². The smallest absolute Gasteiger partial charge is 0.306 e. The second-order valence-corrected chi connectivity index (χ2v) is 19.2. The number of carbonyl (C=O) groups excluding carboxylic acids is 3. The van der Waals surface area contributed by atoms with E-state index >= 15 is 0 Å². The molecule has 0 amide bonds. The van der Waals surface area contributed by atoms with E-state index < -0.39 is 6.10 Å². The summed E-state index contributed by atoms with van der Waals surface area (Å²) >= 11 is 0. The van der Waals surface area contributed by atoms with Crippen LogP contribution in [0.3, 0.4) is 0 Å². The summed E-state index contributed by atoms with van der Waals surface area (Å²) in [6.45, 7) is 6.40. The van der Waals surface area contributed by atoms with Gasteiger partial charge in [0.1, 0.15) is 13.2 Å². The standard InChI is InChI=1S/C65H108O6/c1-4-7-10-13-16-18-20-22-23-24-25-26-27-28-29-30-31-32-33-34-35-36-37-38-39-40-41-43-44-46-49-52-55-58-64(67)70-61-62(60-69-63(66)57-54-51-48-15-12-9-6-3)71-65(68)59-56-53-50-47-45-42-21-19-17-14-11-8-5-2/h7,10-11,14,16,18-19,21-23,25-26,28-29,31-32,34-35,62H,4-6,8-9,12-13,15,17,20,24,27,30,33,36-61H2,1-3H3/b10-7-,14-11-,18-16-,21-19-,23-22-,26-25-,29-28-,32-31-,35-34-. The zero-order chi connectivity index (χ0) is 51.4. The summed E-state index contributed by atoms with van der Waals surface area (Å²) in [6, 6.07) is 0. The lowest BCUT2D eigenvalue weighted by Crippen LogP contribution is -2.30. The van der Waals surface area contributed by atoms with Crippen LogP contribution in [0.1, 0.15) is 265 Å². The van der Waals surface area contributed by atoms with Crippen molar-refractivity contribution in [2.24, 2.45) is 0 Å². The van der Waals surface area contributed by atoms with Crippen molar-refractivity contribution in [3.05, 3.63) is 109 Å². The number of esters is 3. The van der Waals surface area contributed by atoms with Crippen molar-refractivity contribution in [2.45, 2.75) is 271 Å². The van der Waals surface area contributed by atoms with Crippen LogP contribution in [0.15, 0.2) is 109 Å². The van der Waals surface area contributed by atoms with Crippen molar-refractivity contribution in [3.63, 3.8) is 0 Å². The van der Waals surface area contributed by atoms with Crippen molar-refractivity contribution < 1.29 is 28.6 Å². The molecule has 0 saturated carbocycles. The van der Waals surface area contributed by atoms with Gasteiger partial charge in [0.05, 0.1) is 0 Å². The maximum absolute atomic E-state index is 12.8. The van der Waals surface area contributed by atoms with E-state index in [1.165, 1.54) is 89.9 Å². The van der Waals surface area contributed by atoms with Crippen molar-refractivity contribution >= 4 is 17.9 Å². The van der Waals surface area contributed by atoms with Gasteiger partial charge in [-0.15, -0.1) is 0 Å². The van der Waals surface area contributed by atoms with E-state index in [2.05, 4.69) is 130 Å². The van der Waals surface area contributed by atoms with Crippen LogP contribution >= 0.6 is 0 Å². The number of ether oxygens (including phenoxy) is 3. The minimum atomic E-state index is -0.783. The van der Waals surface area contributed by atoms with E-state index in [4.69, 9.17) is 14.2 Å². The fraction of sp³-hybridized carbons (Fsp3) is 0.677. The predicted molar refractivity (Wildman–Crippen MR) is 307 cm³/mol. The molecule has 0 aromatic heterocycles. The lowest BCUT2D eigenvalue weighted by atomic mass is 10.0. The minimum Gasteiger partial charge on any atom is -0.462 e. The minimum absolute atomic E-state index is 0.0834. The zero-order valence-corrected chi connectivity index (χ0v) is 46.2. The van der Waals surface area contributed by atoms with E-state index in [-0.39, 0.29) is 31.1 Å². The third kappa shape index (κ3) is 56.9. The summed E-state index contributed by atoms with van der Waals surface area (Å²) < 4.78 is 16.7. The molecular weight excluding hydrogens is 877 g/mol. The molecule has 0 aromatic rings. The molecule has 0 bridgehead atoms. The number of hydrogen-bond donors (Lipinski definition) is 0. The third-order valence-corrected chi connectivity index (χ3v) is 12.2. The second kappa shape index (κ2) is 58.6. The first kappa shape index (κ1) is 67.1. The van der Waals surface area contributed by atoms with Gasteiger partial charge in [-0.1, -0.05) is 252 Å². The number of unbranched alkanes of at least 4 members (excludes halogenated alkanes) is 23. The highest BCUT2D eigenvalue weighted by Crippen LogP contribution is 2.15. The molecule has 6 nitrogen and oxygen atoms in total. The molecule has 0 aliphatic carbocycles. The molecule has 0 heterocycles. The Bertz CT molecular complexity index is 1460. The van der Waals surface area contributed by atoms with Gasteiger partial charge in [0.2, 0.25) is 0 Å². The Morgan fingerprint density at radius 2 is 0.577 bits per heavy atom. The first-order valence-electron chi connectivity index (χ1n) is 29.4. The molecule has 0 aromatic carbocycles. The molecule has 0 radical (unpaired) electrons. The molecule has 0 saturated heterocycles. The Kier molecular flexibility index (Phi) is 55.4. The summed E-state index contributed by atoms with van der Waals surface area (Å²) in [4.78, 5) is 37.9. The van der Waals surface area contributed by atoms with Crippen molar-refractivity contribution in [1.29, 1.82) is 0 Å². The van der Waals surface area contributed by atoms with Gasteiger partial charge in [0.25, 0.3) is 0 Å². The number of allylic oxidation sites excluding steroid dienone is 18. The lowest BCUT2D eigenvalue weighted by Gasteiger charge is -2.18. The van der Waals surface area contributed by atoms with Crippen LogP contribution in [-0.2, 0) is 28.6 Å². The van der Waals surface area contributed by atoms with E-state index in [9.17, 15) is 14.4 Å². The Morgan fingerprint density at radius 1 is 0.296 bits per heavy atom. The number of hydrogen-bond acceptors (Lipinski definition) is 6. The molecule has 0 rings (SSSR count). The normalized spacial score (nSPS) is 12.9. The highest BCUT2D eigenvalue weighted by molar-refractivity contribution is 5.71. The maximum Gasteiger partial charge on any atom is 0.306 e. The highest BCUT2D eigenvalue weighted by atomic mass is 16.6. The van der Waals surface area contributed by atoms with Crippen LogP contribution < -0.4 is 0 Å². The zero-order valence-electron chi connectivity index (χ0n) is 46.2. The van der Waals surface area contributed by atoms with Crippen LogP contribution in [0.4, 0.5) is 0 Å². The molecular formula is C65H108O6. The molecule has 0 spiro atoms. The van der Waals surface area contributed by atoms with Crippen LogP contribution in [0.25, 0.3) is 0 Å². The van der Waals surface area contributed by atoms with Gasteiger partial charge in [-0.25, -0.2) is 0 Å². The molecule has 404 valence electrons. The monoisotopic (exact) mass is 985 g/mol. The van der Waals surface area contributed by atoms with Crippen LogP contribution in [0.2, 0.25) is 0 Å². The van der Waals surface area contributed by atoms with E-state index in [0.29, 0.717) is 19.3 Å². The molecule has 0 aliphatic rings. The molecule has 0 N–H and O–H groups in total. The molecule has 1 atom stereocenters. The summed E-state index contributed by atoms with van der Waals surface area (Å²) in [5.41, 5.74) is 0. The van der Waals surface area contributed by atoms with Gasteiger partial charge < -0.3 is 14.2 Å². The molecule has 71 heavy (non-hydrogen) atoms. The molecule has 6 heteroatoms. The Hall–Kier alpha value is -3.93. The summed E-state index contributed by atoms with van der Waals surface area (Å²) in [7, 11) is 0. The van der Waals surface area contributed by atoms with E-state index in [1.807, 2.05) is 0 Å². The molecule has 1 unspecified atom stereocenters. The average molecular weight is 986 g/mol.